The maximum absolute atomic E-state index is 8.67. The van der Waals surface area contributed by atoms with E-state index in [2.05, 4.69) is 15.0 Å². The third-order valence-electron chi connectivity index (χ3n) is 3.25. The normalized spacial score (nSPS) is 23.9. The zero-order valence-electron chi connectivity index (χ0n) is 11.0. The van der Waals surface area contributed by atoms with E-state index in [1.165, 1.54) is 0 Å². The second kappa shape index (κ2) is 5.85. The van der Waals surface area contributed by atoms with Crippen molar-refractivity contribution in [3.05, 3.63) is 23.9 Å². The van der Waals surface area contributed by atoms with E-state index in [0.717, 1.165) is 5.82 Å². The third kappa shape index (κ3) is 2.77. The van der Waals surface area contributed by atoms with Gasteiger partial charge in [0, 0.05) is 27.3 Å². The summed E-state index contributed by atoms with van der Waals surface area (Å²) in [5.41, 5.74) is 5.98. The summed E-state index contributed by atoms with van der Waals surface area (Å²) >= 11 is 0. The van der Waals surface area contributed by atoms with Gasteiger partial charge < -0.3 is 25.3 Å². The van der Waals surface area contributed by atoms with Gasteiger partial charge in [-0.2, -0.15) is 0 Å². The number of ether oxygens (including phenoxy) is 2. The van der Waals surface area contributed by atoms with Crippen molar-refractivity contribution >= 4 is 11.7 Å². The number of nitrogens with two attached hydrogens (primary N) is 1. The number of hydrogen-bond acceptors (Lipinski definition) is 6. The minimum Gasteiger partial charge on any atom is -0.409 e. The molecule has 1 saturated heterocycles. The fourth-order valence-electron chi connectivity index (χ4n) is 2.18. The highest BCUT2D eigenvalue weighted by Gasteiger charge is 2.33. The Balaban J connectivity index is 2.19. The molecule has 3 N–H and O–H groups in total. The molecule has 7 heteroatoms. The minimum absolute atomic E-state index is 0.00682. The van der Waals surface area contributed by atoms with Crippen LogP contribution in [0.3, 0.4) is 0 Å². The molecular weight excluding hydrogens is 248 g/mol. The minimum atomic E-state index is -0.00682. The molecule has 0 amide bonds. The lowest BCUT2D eigenvalue weighted by atomic mass is 10.3. The third-order valence-corrected chi connectivity index (χ3v) is 3.25. The van der Waals surface area contributed by atoms with E-state index in [1.807, 2.05) is 12.1 Å². The number of amidine groups is 1. The number of pyridine rings is 1. The number of oxime groups is 1. The molecule has 0 spiro atoms. The van der Waals surface area contributed by atoms with Crippen LogP contribution in [0.4, 0.5) is 5.82 Å². The molecule has 1 aromatic heterocycles. The van der Waals surface area contributed by atoms with Gasteiger partial charge in [-0.1, -0.05) is 11.2 Å². The number of aromatic nitrogens is 1. The van der Waals surface area contributed by atoms with Gasteiger partial charge in [0.2, 0.25) is 0 Å². The molecule has 2 rings (SSSR count). The van der Waals surface area contributed by atoms with Gasteiger partial charge in [-0.25, -0.2) is 4.98 Å². The summed E-state index contributed by atoms with van der Waals surface area (Å²) in [6.07, 6.45) is 0.0265. The Morgan fingerprint density at radius 1 is 1.37 bits per heavy atom. The van der Waals surface area contributed by atoms with Crippen molar-refractivity contribution in [3.63, 3.8) is 0 Å². The monoisotopic (exact) mass is 266 g/mol. The van der Waals surface area contributed by atoms with Crippen molar-refractivity contribution in [1.82, 2.24) is 4.98 Å². The van der Waals surface area contributed by atoms with Crippen LogP contribution < -0.4 is 10.6 Å². The molecule has 0 aromatic carbocycles. The van der Waals surface area contributed by atoms with E-state index < -0.39 is 0 Å². The first-order valence-electron chi connectivity index (χ1n) is 5.95. The molecular formula is C12H18N4O3. The topological polar surface area (TPSA) is 93.2 Å². The Morgan fingerprint density at radius 3 is 2.53 bits per heavy atom. The maximum atomic E-state index is 8.67. The molecule has 2 unspecified atom stereocenters. The number of methoxy groups -OCH3 is 2. The van der Waals surface area contributed by atoms with Crippen LogP contribution in [-0.4, -0.2) is 55.5 Å². The molecule has 0 radical (unpaired) electrons. The van der Waals surface area contributed by atoms with Crippen LogP contribution in [0, 0.1) is 0 Å². The number of anilines is 1. The van der Waals surface area contributed by atoms with Crippen LogP contribution in [0.15, 0.2) is 23.4 Å². The van der Waals surface area contributed by atoms with Crippen molar-refractivity contribution in [2.75, 3.05) is 32.2 Å². The molecule has 2 atom stereocenters. The molecule has 0 saturated carbocycles. The lowest BCUT2D eigenvalue weighted by molar-refractivity contribution is -0.00461. The highest BCUT2D eigenvalue weighted by molar-refractivity contribution is 5.95. The highest BCUT2D eigenvalue weighted by Crippen LogP contribution is 2.21. The first-order valence-corrected chi connectivity index (χ1v) is 5.95. The zero-order chi connectivity index (χ0) is 13.8. The van der Waals surface area contributed by atoms with Gasteiger partial charge in [0.25, 0.3) is 0 Å². The van der Waals surface area contributed by atoms with Gasteiger partial charge in [-0.3, -0.25) is 0 Å². The van der Waals surface area contributed by atoms with E-state index in [0.29, 0.717) is 18.8 Å². The van der Waals surface area contributed by atoms with E-state index in [1.54, 1.807) is 20.3 Å². The Morgan fingerprint density at radius 2 is 2.00 bits per heavy atom. The summed E-state index contributed by atoms with van der Waals surface area (Å²) in [4.78, 5) is 6.41. The summed E-state index contributed by atoms with van der Waals surface area (Å²) in [5, 5.41) is 11.6. The molecule has 1 aliphatic heterocycles. The smallest absolute Gasteiger partial charge is 0.188 e. The van der Waals surface area contributed by atoms with Crippen molar-refractivity contribution in [1.29, 1.82) is 0 Å². The quantitative estimate of drug-likeness (QED) is 0.345. The van der Waals surface area contributed by atoms with Crippen LogP contribution in [0.2, 0.25) is 0 Å². The van der Waals surface area contributed by atoms with Crippen LogP contribution in [0.25, 0.3) is 0 Å². The van der Waals surface area contributed by atoms with Gasteiger partial charge in [0.1, 0.15) is 23.7 Å². The largest absolute Gasteiger partial charge is 0.409 e. The van der Waals surface area contributed by atoms with Crippen molar-refractivity contribution in [2.24, 2.45) is 10.9 Å². The standard InChI is InChI=1S/C12H18N4O3/c1-18-9-6-16(7-10(9)19-2)11-5-3-4-8(14-11)12(13)15-17/h3-5,9-10,17H,6-7H2,1-2H3,(H2,13,15). The molecule has 104 valence electrons. The predicted molar refractivity (Wildman–Crippen MR) is 70.6 cm³/mol. The lowest BCUT2D eigenvalue weighted by Crippen LogP contribution is -2.27. The van der Waals surface area contributed by atoms with E-state index >= 15 is 0 Å². The first-order chi connectivity index (χ1) is 9.19. The van der Waals surface area contributed by atoms with Gasteiger partial charge >= 0.3 is 0 Å². The van der Waals surface area contributed by atoms with E-state index in [-0.39, 0.29) is 18.0 Å². The zero-order valence-corrected chi connectivity index (χ0v) is 11.0. The fourth-order valence-corrected chi connectivity index (χ4v) is 2.18. The molecule has 2 heterocycles. The van der Waals surface area contributed by atoms with Crippen LogP contribution in [0.1, 0.15) is 5.69 Å². The molecule has 1 fully saturated rings. The van der Waals surface area contributed by atoms with E-state index in [9.17, 15) is 0 Å². The average molecular weight is 266 g/mol. The summed E-state index contributed by atoms with van der Waals surface area (Å²) in [7, 11) is 3.33. The van der Waals surface area contributed by atoms with Gasteiger partial charge in [0.05, 0.1) is 0 Å². The summed E-state index contributed by atoms with van der Waals surface area (Å²) in [6.45, 7) is 1.39. The fraction of sp³-hybridized carbons (Fsp3) is 0.500. The molecule has 0 aliphatic carbocycles. The Hall–Kier alpha value is -1.86. The predicted octanol–water partition coefficient (Wildman–Crippen LogP) is 0.0261. The summed E-state index contributed by atoms with van der Waals surface area (Å²) in [6, 6.07) is 5.38. The van der Waals surface area contributed by atoms with Crippen molar-refractivity contribution < 1.29 is 14.7 Å². The van der Waals surface area contributed by atoms with Crippen molar-refractivity contribution in [2.45, 2.75) is 12.2 Å². The Bertz CT molecular complexity index is 454. The second-order valence-corrected chi connectivity index (χ2v) is 4.32. The highest BCUT2D eigenvalue weighted by atomic mass is 16.5. The maximum Gasteiger partial charge on any atom is 0.188 e. The van der Waals surface area contributed by atoms with Crippen LogP contribution in [-0.2, 0) is 9.47 Å². The molecule has 1 aliphatic rings. The number of rotatable bonds is 4. The van der Waals surface area contributed by atoms with E-state index in [4.69, 9.17) is 20.4 Å². The Kier molecular flexibility index (Phi) is 4.18. The summed E-state index contributed by atoms with van der Waals surface area (Å²) in [5.74, 6) is 0.748. The number of hydrogen-bond donors (Lipinski definition) is 2. The molecule has 0 bridgehead atoms. The van der Waals surface area contributed by atoms with Crippen LogP contribution in [0.5, 0.6) is 0 Å². The lowest BCUT2D eigenvalue weighted by Gasteiger charge is -2.17. The SMILES string of the molecule is COC1CN(c2cccc(/C(N)=N/O)n2)CC1OC. The van der Waals surface area contributed by atoms with Gasteiger partial charge in [-0.15, -0.1) is 0 Å². The number of nitrogens with zero attached hydrogens (tertiary/aromatic N) is 3. The average Bonchev–Trinajstić information content (AvgIpc) is 2.89. The molecule has 19 heavy (non-hydrogen) atoms. The Labute approximate surface area is 111 Å². The van der Waals surface area contributed by atoms with Gasteiger partial charge in [0.15, 0.2) is 5.84 Å². The van der Waals surface area contributed by atoms with Gasteiger partial charge in [-0.05, 0) is 12.1 Å². The molecule has 1 aromatic rings. The van der Waals surface area contributed by atoms with Crippen molar-refractivity contribution in [3.8, 4) is 0 Å². The first kappa shape index (κ1) is 13.6. The second-order valence-electron chi connectivity index (χ2n) is 4.32. The van der Waals surface area contributed by atoms with Crippen LogP contribution >= 0.6 is 0 Å². The molecule has 7 nitrogen and oxygen atoms in total. The summed E-state index contributed by atoms with van der Waals surface area (Å²) < 4.78 is 10.8.